The Morgan fingerprint density at radius 3 is 2.64 bits per heavy atom. The predicted octanol–water partition coefficient (Wildman–Crippen LogP) is 0.378. The molecule has 0 aromatic carbocycles. The van der Waals surface area contributed by atoms with Crippen LogP contribution >= 0.6 is 0 Å². The summed E-state index contributed by atoms with van der Waals surface area (Å²) < 4.78 is 4.47. The Bertz CT molecular complexity index is 274. The monoisotopic (exact) mass is 153 g/mol. The molecule has 0 atom stereocenters. The van der Waals surface area contributed by atoms with Gasteiger partial charge in [0.1, 0.15) is 6.26 Å². The fourth-order valence-corrected chi connectivity index (χ4v) is 0.447. The normalized spacial score (nSPS) is 8.36. The van der Waals surface area contributed by atoms with Gasteiger partial charge in [0.15, 0.2) is 6.39 Å². The molecule has 0 fully saturated rings. The molecule has 2 aromatic rings. The van der Waals surface area contributed by atoms with E-state index in [0.29, 0.717) is 0 Å². The maximum absolute atomic E-state index is 9.98. The molecule has 0 aliphatic carbocycles. The third kappa shape index (κ3) is 3.04. The largest absolute Gasteiger partial charge is 0.452 e. The molecule has 0 spiro atoms. The molecule has 0 unspecified atom stereocenters. The summed E-state index contributed by atoms with van der Waals surface area (Å²) in [5.41, 5.74) is -0.0880. The molecule has 58 valence electrons. The van der Waals surface area contributed by atoms with E-state index >= 15 is 0 Å². The van der Waals surface area contributed by atoms with Gasteiger partial charge in [-0.3, -0.25) is 9.89 Å². The van der Waals surface area contributed by atoms with Gasteiger partial charge in [0.25, 0.3) is 5.56 Å². The van der Waals surface area contributed by atoms with Crippen LogP contribution in [-0.4, -0.2) is 15.2 Å². The first kappa shape index (κ1) is 7.33. The number of aromatic amines is 2. The SMILES string of the molecule is O=c1cc[nH][nH]1.c1cocn1. The fraction of sp³-hybridized carbons (Fsp3) is 0. The molecule has 2 aromatic heterocycles. The molecule has 2 heterocycles. The average molecular weight is 153 g/mol. The van der Waals surface area contributed by atoms with Crippen LogP contribution in [0.15, 0.2) is 40.3 Å². The Morgan fingerprint density at radius 2 is 2.45 bits per heavy atom. The number of aromatic nitrogens is 3. The highest BCUT2D eigenvalue weighted by Crippen LogP contribution is 1.72. The summed E-state index contributed by atoms with van der Waals surface area (Å²) in [5, 5.41) is 4.81. The molecule has 2 N–H and O–H groups in total. The van der Waals surface area contributed by atoms with E-state index in [1.807, 2.05) is 0 Å². The second-order valence-corrected chi connectivity index (χ2v) is 1.64. The number of rotatable bonds is 0. The van der Waals surface area contributed by atoms with Crippen molar-refractivity contribution in [2.24, 2.45) is 0 Å². The lowest BCUT2D eigenvalue weighted by Crippen LogP contribution is -1.93. The van der Waals surface area contributed by atoms with Gasteiger partial charge in [0.05, 0.1) is 6.20 Å². The van der Waals surface area contributed by atoms with Crippen LogP contribution in [-0.2, 0) is 0 Å². The molecule has 0 radical (unpaired) electrons. The second kappa shape index (κ2) is 4.10. The number of H-pyrrole nitrogens is 2. The van der Waals surface area contributed by atoms with Gasteiger partial charge >= 0.3 is 0 Å². The van der Waals surface area contributed by atoms with Crippen LogP contribution in [0.2, 0.25) is 0 Å². The number of oxazole rings is 1. The zero-order valence-corrected chi connectivity index (χ0v) is 5.65. The van der Waals surface area contributed by atoms with Crippen LogP contribution in [0.25, 0.3) is 0 Å². The van der Waals surface area contributed by atoms with Gasteiger partial charge in [-0.1, -0.05) is 0 Å². The summed E-state index contributed by atoms with van der Waals surface area (Å²) in [6.07, 6.45) is 6.02. The van der Waals surface area contributed by atoms with Crippen LogP contribution in [0.5, 0.6) is 0 Å². The van der Waals surface area contributed by atoms with Crippen molar-refractivity contribution in [3.8, 4) is 0 Å². The minimum absolute atomic E-state index is 0.0880. The highest BCUT2D eigenvalue weighted by Gasteiger charge is 1.70. The van der Waals surface area contributed by atoms with Gasteiger partial charge in [-0.05, 0) is 0 Å². The molecule has 2 rings (SSSR count). The molecule has 0 aliphatic heterocycles. The van der Waals surface area contributed by atoms with Crippen LogP contribution in [0.3, 0.4) is 0 Å². The van der Waals surface area contributed by atoms with E-state index in [1.54, 1.807) is 12.4 Å². The molecule has 0 amide bonds. The second-order valence-electron chi connectivity index (χ2n) is 1.64. The van der Waals surface area contributed by atoms with E-state index in [-0.39, 0.29) is 5.56 Å². The molecular formula is C6H7N3O2. The number of nitrogens with zero attached hydrogens (tertiary/aromatic N) is 1. The Balaban J connectivity index is 0.000000112. The smallest absolute Gasteiger partial charge is 0.263 e. The third-order valence-electron chi connectivity index (χ3n) is 0.861. The van der Waals surface area contributed by atoms with E-state index in [4.69, 9.17) is 0 Å². The van der Waals surface area contributed by atoms with Gasteiger partial charge in [0, 0.05) is 12.3 Å². The van der Waals surface area contributed by atoms with Gasteiger partial charge in [-0.15, -0.1) is 0 Å². The number of hydrogen-bond donors (Lipinski definition) is 2. The van der Waals surface area contributed by atoms with Gasteiger partial charge in [-0.25, -0.2) is 4.98 Å². The van der Waals surface area contributed by atoms with Crippen LogP contribution in [0, 0.1) is 0 Å². The van der Waals surface area contributed by atoms with Crippen molar-refractivity contribution in [2.45, 2.75) is 0 Å². The first-order chi connectivity index (χ1) is 5.39. The Kier molecular flexibility index (Phi) is 2.73. The van der Waals surface area contributed by atoms with Crippen molar-refractivity contribution in [3.05, 3.63) is 41.5 Å². The quantitative estimate of drug-likeness (QED) is 0.574. The lowest BCUT2D eigenvalue weighted by Gasteiger charge is -1.55. The minimum Gasteiger partial charge on any atom is -0.452 e. The molecule has 5 nitrogen and oxygen atoms in total. The maximum Gasteiger partial charge on any atom is 0.263 e. The Hall–Kier alpha value is -1.78. The zero-order valence-electron chi connectivity index (χ0n) is 5.65. The molecule has 0 saturated carbocycles. The van der Waals surface area contributed by atoms with Gasteiger partial charge in [-0.2, -0.15) is 0 Å². The van der Waals surface area contributed by atoms with Crippen molar-refractivity contribution < 1.29 is 4.42 Å². The number of hydrogen-bond acceptors (Lipinski definition) is 3. The van der Waals surface area contributed by atoms with E-state index < -0.39 is 0 Å². The first-order valence-corrected chi connectivity index (χ1v) is 2.94. The average Bonchev–Trinajstić information content (AvgIpc) is 2.57. The van der Waals surface area contributed by atoms with Crippen LogP contribution < -0.4 is 5.56 Å². The van der Waals surface area contributed by atoms with Crippen molar-refractivity contribution in [1.29, 1.82) is 0 Å². The summed E-state index contributed by atoms with van der Waals surface area (Å²) >= 11 is 0. The van der Waals surface area contributed by atoms with Crippen LogP contribution in [0.4, 0.5) is 0 Å². The Labute approximate surface area is 62.1 Å². The number of nitrogens with one attached hydrogen (secondary N) is 2. The van der Waals surface area contributed by atoms with E-state index in [1.165, 1.54) is 18.7 Å². The summed E-state index contributed by atoms with van der Waals surface area (Å²) in [4.78, 5) is 13.5. The highest BCUT2D eigenvalue weighted by atomic mass is 16.3. The third-order valence-corrected chi connectivity index (χ3v) is 0.861. The Morgan fingerprint density at radius 1 is 1.55 bits per heavy atom. The lowest BCUT2D eigenvalue weighted by molar-refractivity contribution is 0.558. The van der Waals surface area contributed by atoms with Crippen molar-refractivity contribution in [1.82, 2.24) is 15.2 Å². The lowest BCUT2D eigenvalue weighted by atomic mass is 10.7. The predicted molar refractivity (Wildman–Crippen MR) is 37.9 cm³/mol. The van der Waals surface area contributed by atoms with Crippen LogP contribution in [0.1, 0.15) is 0 Å². The highest BCUT2D eigenvalue weighted by molar-refractivity contribution is 4.75. The summed E-state index contributed by atoms with van der Waals surface area (Å²) in [6, 6.07) is 1.42. The molecule has 0 aliphatic rings. The minimum atomic E-state index is -0.0880. The van der Waals surface area contributed by atoms with E-state index in [0.717, 1.165) is 0 Å². The standard InChI is InChI=1S/C3H4N2O.C3H3NO/c6-3-1-2-4-5-3;1-2-5-3-4-1/h1-2H,(H2,4,5,6);1-3H. The van der Waals surface area contributed by atoms with E-state index in [9.17, 15) is 4.79 Å². The molecule has 5 heteroatoms. The maximum atomic E-state index is 9.98. The van der Waals surface area contributed by atoms with Gasteiger partial charge in [0.2, 0.25) is 0 Å². The molecule has 0 saturated heterocycles. The van der Waals surface area contributed by atoms with Crippen molar-refractivity contribution in [2.75, 3.05) is 0 Å². The molecule has 11 heavy (non-hydrogen) atoms. The summed E-state index contributed by atoms with van der Waals surface area (Å²) in [7, 11) is 0. The molecule has 0 bridgehead atoms. The van der Waals surface area contributed by atoms with Crippen molar-refractivity contribution >= 4 is 0 Å². The summed E-state index contributed by atoms with van der Waals surface area (Å²) in [5.74, 6) is 0. The van der Waals surface area contributed by atoms with Crippen molar-refractivity contribution in [3.63, 3.8) is 0 Å². The van der Waals surface area contributed by atoms with E-state index in [2.05, 4.69) is 19.6 Å². The van der Waals surface area contributed by atoms with Gasteiger partial charge < -0.3 is 9.52 Å². The topological polar surface area (TPSA) is 74.7 Å². The fourth-order valence-electron chi connectivity index (χ4n) is 0.447. The zero-order chi connectivity index (χ0) is 7.94. The summed E-state index contributed by atoms with van der Waals surface area (Å²) in [6.45, 7) is 0. The molecular weight excluding hydrogens is 146 g/mol. The first-order valence-electron chi connectivity index (χ1n) is 2.94.